The highest BCUT2D eigenvalue weighted by Crippen LogP contribution is 2.65. The fraction of sp³-hybridized carbons (Fsp3) is 0.297. The van der Waals surface area contributed by atoms with Crippen LogP contribution in [0.2, 0.25) is 0 Å². The van der Waals surface area contributed by atoms with Gasteiger partial charge in [0.1, 0.15) is 11.5 Å². The highest BCUT2D eigenvalue weighted by atomic mass is 16.5. The Morgan fingerprint density at radius 2 is 1.28 bits per heavy atom. The monoisotopic (exact) mass is 512 g/mol. The van der Waals surface area contributed by atoms with Crippen LogP contribution in [0.25, 0.3) is 43.8 Å². The Kier molecular flexibility index (Phi) is 5.05. The van der Waals surface area contributed by atoms with Gasteiger partial charge >= 0.3 is 0 Å². The van der Waals surface area contributed by atoms with Gasteiger partial charge in [-0.2, -0.15) is 0 Å². The van der Waals surface area contributed by atoms with Crippen LogP contribution in [-0.4, -0.2) is 12.2 Å². The lowest BCUT2D eigenvalue weighted by Gasteiger charge is -2.51. The van der Waals surface area contributed by atoms with Gasteiger partial charge in [-0.15, -0.1) is 0 Å². The van der Waals surface area contributed by atoms with E-state index < -0.39 is 0 Å². The van der Waals surface area contributed by atoms with Crippen molar-refractivity contribution in [3.05, 3.63) is 96.1 Å². The van der Waals surface area contributed by atoms with Crippen molar-refractivity contribution in [1.82, 2.24) is 0 Å². The third-order valence-corrected chi connectivity index (χ3v) is 9.26. The molecule has 1 saturated carbocycles. The summed E-state index contributed by atoms with van der Waals surface area (Å²) in [6.45, 7) is 9.65. The average molecular weight is 513 g/mol. The zero-order valence-electron chi connectivity index (χ0n) is 23.6. The lowest BCUT2D eigenvalue weighted by molar-refractivity contribution is 0.0645. The third kappa shape index (κ3) is 3.54. The van der Waals surface area contributed by atoms with Gasteiger partial charge in [-0.05, 0) is 92.3 Å². The normalized spacial score (nSPS) is 18.3. The van der Waals surface area contributed by atoms with Crippen molar-refractivity contribution in [3.8, 4) is 33.8 Å². The van der Waals surface area contributed by atoms with Crippen LogP contribution in [0, 0.1) is 10.8 Å². The lowest BCUT2D eigenvalue weighted by Crippen LogP contribution is -2.43. The summed E-state index contributed by atoms with van der Waals surface area (Å²) in [7, 11) is 1.75. The van der Waals surface area contributed by atoms with Crippen molar-refractivity contribution in [3.63, 3.8) is 0 Å². The Morgan fingerprint density at radius 1 is 0.615 bits per heavy atom. The molecule has 5 aromatic carbocycles. The highest BCUT2D eigenvalue weighted by Gasteiger charge is 2.53. The van der Waals surface area contributed by atoms with Gasteiger partial charge in [0.25, 0.3) is 0 Å². The van der Waals surface area contributed by atoms with E-state index in [1.807, 2.05) is 0 Å². The minimum Gasteiger partial charge on any atom is -0.507 e. The SMILES string of the molecule is COc1cc2c3c(cc(O)c2cc1-c1cccc2ccccc12)C1(CC(C)(C)CC(C)(C)C1)c1ccccc1-3. The molecule has 196 valence electrons. The Morgan fingerprint density at radius 3 is 2.05 bits per heavy atom. The topological polar surface area (TPSA) is 29.5 Å². The summed E-state index contributed by atoms with van der Waals surface area (Å²) in [6, 6.07) is 30.2. The van der Waals surface area contributed by atoms with E-state index in [1.54, 1.807) is 7.11 Å². The lowest BCUT2D eigenvalue weighted by atomic mass is 9.52. The Bertz CT molecular complexity index is 1770. The van der Waals surface area contributed by atoms with Gasteiger partial charge in [0.2, 0.25) is 0 Å². The fourth-order valence-electron chi connectivity index (χ4n) is 8.70. The van der Waals surface area contributed by atoms with E-state index >= 15 is 0 Å². The molecule has 2 heteroatoms. The van der Waals surface area contributed by atoms with Crippen molar-refractivity contribution in [2.45, 2.75) is 52.4 Å². The molecule has 0 saturated heterocycles. The molecule has 2 aliphatic carbocycles. The van der Waals surface area contributed by atoms with Gasteiger partial charge in [-0.1, -0.05) is 94.4 Å². The minimum atomic E-state index is -0.121. The number of benzene rings is 5. The molecule has 1 N–H and O–H groups in total. The first-order valence-corrected chi connectivity index (χ1v) is 14.1. The molecule has 1 spiro atoms. The number of aromatic hydroxyl groups is 1. The van der Waals surface area contributed by atoms with Crippen LogP contribution in [-0.2, 0) is 5.41 Å². The molecule has 0 amide bonds. The molecule has 7 rings (SSSR count). The predicted octanol–water partition coefficient (Wildman–Crippen LogP) is 9.88. The standard InChI is InChI=1S/C37H36O2/c1-35(2)20-36(3,4)22-37(21-35)30-16-9-8-14-26(30)34-29-18-33(39-5)28(17-27(29)32(38)19-31(34)37)25-15-10-12-23-11-6-7-13-24(23)25/h6-19,38H,20-22H2,1-5H3. The zero-order chi connectivity index (χ0) is 27.2. The first kappa shape index (κ1) is 24.3. The molecule has 0 aliphatic heterocycles. The van der Waals surface area contributed by atoms with Crippen LogP contribution < -0.4 is 4.74 Å². The van der Waals surface area contributed by atoms with Crippen LogP contribution in [0.15, 0.2) is 84.9 Å². The van der Waals surface area contributed by atoms with Gasteiger partial charge < -0.3 is 9.84 Å². The summed E-state index contributed by atoms with van der Waals surface area (Å²) in [6.07, 6.45) is 3.34. The number of hydrogen-bond acceptors (Lipinski definition) is 2. The average Bonchev–Trinajstić information content (AvgIpc) is 3.14. The molecule has 0 radical (unpaired) electrons. The van der Waals surface area contributed by atoms with Gasteiger partial charge in [-0.25, -0.2) is 0 Å². The first-order chi connectivity index (χ1) is 18.6. The first-order valence-electron chi connectivity index (χ1n) is 14.1. The molecule has 0 aromatic heterocycles. The maximum absolute atomic E-state index is 11.7. The number of hydrogen-bond donors (Lipinski definition) is 1. The molecule has 39 heavy (non-hydrogen) atoms. The highest BCUT2D eigenvalue weighted by molar-refractivity contribution is 6.09. The van der Waals surface area contributed by atoms with Crippen molar-refractivity contribution < 1.29 is 9.84 Å². The van der Waals surface area contributed by atoms with Gasteiger partial charge in [-0.3, -0.25) is 0 Å². The molecular formula is C37H36O2. The summed E-state index contributed by atoms with van der Waals surface area (Å²) in [4.78, 5) is 0. The molecule has 0 bridgehead atoms. The van der Waals surface area contributed by atoms with Crippen molar-refractivity contribution in [2.75, 3.05) is 7.11 Å². The molecule has 0 unspecified atom stereocenters. The van der Waals surface area contributed by atoms with Crippen molar-refractivity contribution in [1.29, 1.82) is 0 Å². The molecule has 0 atom stereocenters. The molecule has 1 fully saturated rings. The van der Waals surface area contributed by atoms with Crippen LogP contribution >= 0.6 is 0 Å². The fourth-order valence-corrected chi connectivity index (χ4v) is 8.70. The second-order valence-corrected chi connectivity index (χ2v) is 13.4. The van der Waals surface area contributed by atoms with Crippen LogP contribution in [0.3, 0.4) is 0 Å². The van der Waals surface area contributed by atoms with E-state index in [0.29, 0.717) is 5.75 Å². The summed E-state index contributed by atoms with van der Waals surface area (Å²) in [5, 5.41) is 16.0. The molecule has 0 heterocycles. The van der Waals surface area contributed by atoms with E-state index in [0.717, 1.165) is 40.5 Å². The smallest absolute Gasteiger partial charge is 0.127 e. The second kappa shape index (κ2) is 8.11. The number of phenolic OH excluding ortho intramolecular Hbond substituents is 1. The third-order valence-electron chi connectivity index (χ3n) is 9.26. The van der Waals surface area contributed by atoms with Gasteiger partial charge in [0.15, 0.2) is 0 Å². The number of rotatable bonds is 2. The predicted molar refractivity (Wildman–Crippen MR) is 163 cm³/mol. The number of methoxy groups -OCH3 is 1. The summed E-state index contributed by atoms with van der Waals surface area (Å²) in [5.74, 6) is 1.18. The second-order valence-electron chi connectivity index (χ2n) is 13.4. The maximum Gasteiger partial charge on any atom is 0.127 e. The zero-order valence-corrected chi connectivity index (χ0v) is 23.6. The van der Waals surface area contributed by atoms with E-state index in [4.69, 9.17) is 4.74 Å². The number of phenols is 1. The number of fused-ring (bicyclic) bond motifs is 8. The minimum absolute atomic E-state index is 0.121. The summed E-state index contributed by atoms with van der Waals surface area (Å²) >= 11 is 0. The Hall–Kier alpha value is -3.78. The van der Waals surface area contributed by atoms with Gasteiger partial charge in [0, 0.05) is 16.4 Å². The van der Waals surface area contributed by atoms with Crippen LogP contribution in [0.4, 0.5) is 0 Å². The maximum atomic E-state index is 11.7. The van der Waals surface area contributed by atoms with E-state index in [-0.39, 0.29) is 16.2 Å². The van der Waals surface area contributed by atoms with Gasteiger partial charge in [0.05, 0.1) is 7.11 Å². The quantitative estimate of drug-likeness (QED) is 0.255. The molecular weight excluding hydrogens is 476 g/mol. The van der Waals surface area contributed by atoms with E-state index in [9.17, 15) is 5.11 Å². The van der Waals surface area contributed by atoms with E-state index in [2.05, 4.69) is 113 Å². The van der Waals surface area contributed by atoms with Crippen LogP contribution in [0.1, 0.15) is 58.1 Å². The van der Waals surface area contributed by atoms with E-state index in [1.165, 1.54) is 39.4 Å². The summed E-state index contributed by atoms with van der Waals surface area (Å²) < 4.78 is 6.07. The summed E-state index contributed by atoms with van der Waals surface area (Å²) in [5.41, 5.74) is 7.61. The number of ether oxygens (including phenoxy) is 1. The molecule has 2 nitrogen and oxygen atoms in total. The van der Waals surface area contributed by atoms with Crippen molar-refractivity contribution >= 4 is 21.5 Å². The van der Waals surface area contributed by atoms with Crippen molar-refractivity contribution in [2.24, 2.45) is 10.8 Å². The largest absolute Gasteiger partial charge is 0.507 e. The molecule has 2 aliphatic rings. The van der Waals surface area contributed by atoms with Crippen LogP contribution in [0.5, 0.6) is 11.5 Å². The Balaban J connectivity index is 1.55. The molecule has 5 aromatic rings. The Labute approximate surface area is 231 Å².